The molecule has 0 aromatic heterocycles. The third kappa shape index (κ3) is 4.24. The van der Waals surface area contributed by atoms with E-state index in [1.807, 2.05) is 57.2 Å². The van der Waals surface area contributed by atoms with Gasteiger partial charge in [0.25, 0.3) is 0 Å². The van der Waals surface area contributed by atoms with Crippen LogP contribution < -0.4 is 15.4 Å². The van der Waals surface area contributed by atoms with Crippen molar-refractivity contribution < 1.29 is 9.53 Å². The number of urea groups is 1. The van der Waals surface area contributed by atoms with E-state index in [2.05, 4.69) is 10.6 Å². The molecule has 2 aromatic carbocycles. The Hall–Kier alpha value is -2.49. The molecule has 0 fully saturated rings. The van der Waals surface area contributed by atoms with Crippen LogP contribution in [0.25, 0.3) is 0 Å². The molecule has 2 aromatic rings. The maximum atomic E-state index is 12.0. The summed E-state index contributed by atoms with van der Waals surface area (Å²) in [5.74, 6) is 0.737. The molecule has 21 heavy (non-hydrogen) atoms. The smallest absolute Gasteiger partial charge is 0.323 e. The average Bonchev–Trinajstić information content (AvgIpc) is 2.43. The SMILES string of the molecule is CCOc1cccc(NC(=O)Nc2ccc(C)c(C)c2)c1. The van der Waals surface area contributed by atoms with Crippen molar-refractivity contribution in [2.75, 3.05) is 17.2 Å². The zero-order valence-electron chi connectivity index (χ0n) is 12.6. The van der Waals surface area contributed by atoms with Crippen molar-refractivity contribution in [2.24, 2.45) is 0 Å². The molecule has 2 N–H and O–H groups in total. The summed E-state index contributed by atoms with van der Waals surface area (Å²) in [6, 6.07) is 12.9. The molecule has 2 rings (SSSR count). The van der Waals surface area contributed by atoms with Crippen LogP contribution >= 0.6 is 0 Å². The number of anilines is 2. The predicted molar refractivity (Wildman–Crippen MR) is 86.2 cm³/mol. The van der Waals surface area contributed by atoms with Crippen LogP contribution in [0.5, 0.6) is 5.75 Å². The van der Waals surface area contributed by atoms with Crippen molar-refractivity contribution >= 4 is 17.4 Å². The highest BCUT2D eigenvalue weighted by molar-refractivity contribution is 5.99. The van der Waals surface area contributed by atoms with Crippen LogP contribution in [0.3, 0.4) is 0 Å². The van der Waals surface area contributed by atoms with E-state index < -0.39 is 0 Å². The maximum absolute atomic E-state index is 12.0. The van der Waals surface area contributed by atoms with E-state index in [1.165, 1.54) is 5.56 Å². The fourth-order valence-corrected chi connectivity index (χ4v) is 1.94. The van der Waals surface area contributed by atoms with Gasteiger partial charge in [0.15, 0.2) is 0 Å². The van der Waals surface area contributed by atoms with Crippen LogP contribution in [0.2, 0.25) is 0 Å². The van der Waals surface area contributed by atoms with Crippen molar-refractivity contribution in [1.82, 2.24) is 0 Å². The van der Waals surface area contributed by atoms with Crippen LogP contribution in [-0.4, -0.2) is 12.6 Å². The van der Waals surface area contributed by atoms with E-state index in [9.17, 15) is 4.79 Å². The van der Waals surface area contributed by atoms with Gasteiger partial charge < -0.3 is 15.4 Å². The number of carbonyl (C=O) groups excluding carboxylic acids is 1. The van der Waals surface area contributed by atoms with Crippen molar-refractivity contribution in [3.05, 3.63) is 53.6 Å². The van der Waals surface area contributed by atoms with Gasteiger partial charge in [-0.15, -0.1) is 0 Å². The topological polar surface area (TPSA) is 50.4 Å². The van der Waals surface area contributed by atoms with Crippen LogP contribution in [0, 0.1) is 13.8 Å². The molecule has 4 heteroatoms. The van der Waals surface area contributed by atoms with E-state index in [1.54, 1.807) is 6.07 Å². The van der Waals surface area contributed by atoms with Crippen LogP contribution in [0.4, 0.5) is 16.2 Å². The number of carbonyl (C=O) groups is 1. The summed E-state index contributed by atoms with van der Waals surface area (Å²) in [7, 11) is 0. The summed E-state index contributed by atoms with van der Waals surface area (Å²) in [6.45, 7) is 6.58. The summed E-state index contributed by atoms with van der Waals surface area (Å²) in [5, 5.41) is 5.61. The van der Waals surface area contributed by atoms with Gasteiger partial charge >= 0.3 is 6.03 Å². The molecule has 0 aliphatic rings. The fraction of sp³-hybridized carbons (Fsp3) is 0.235. The minimum Gasteiger partial charge on any atom is -0.494 e. The molecular weight excluding hydrogens is 264 g/mol. The lowest BCUT2D eigenvalue weighted by molar-refractivity contribution is 0.262. The Labute approximate surface area is 125 Å². The molecule has 0 aliphatic carbocycles. The lowest BCUT2D eigenvalue weighted by Crippen LogP contribution is -2.19. The Morgan fingerprint density at radius 1 is 1.00 bits per heavy atom. The first-order chi connectivity index (χ1) is 10.1. The molecular formula is C17H20N2O2. The lowest BCUT2D eigenvalue weighted by atomic mass is 10.1. The van der Waals surface area contributed by atoms with Crippen molar-refractivity contribution in [3.8, 4) is 5.75 Å². The summed E-state index contributed by atoms with van der Waals surface area (Å²) in [6.07, 6.45) is 0. The number of nitrogens with one attached hydrogen (secondary N) is 2. The van der Waals surface area contributed by atoms with Gasteiger partial charge in [-0.25, -0.2) is 4.79 Å². The van der Waals surface area contributed by atoms with Crippen LogP contribution in [0.1, 0.15) is 18.1 Å². The second-order valence-corrected chi connectivity index (χ2v) is 4.84. The molecule has 0 saturated carbocycles. The highest BCUT2D eigenvalue weighted by Crippen LogP contribution is 2.18. The van der Waals surface area contributed by atoms with Gasteiger partial charge in [-0.3, -0.25) is 0 Å². The molecule has 0 heterocycles. The minimum atomic E-state index is -0.271. The number of amides is 2. The molecule has 0 spiro atoms. The molecule has 0 unspecified atom stereocenters. The Balaban J connectivity index is 2.01. The van der Waals surface area contributed by atoms with E-state index in [-0.39, 0.29) is 6.03 Å². The highest BCUT2D eigenvalue weighted by Gasteiger charge is 2.04. The van der Waals surface area contributed by atoms with E-state index in [0.717, 1.165) is 17.0 Å². The monoisotopic (exact) mass is 284 g/mol. The third-order valence-electron chi connectivity index (χ3n) is 3.17. The second kappa shape index (κ2) is 6.79. The molecule has 0 aliphatic heterocycles. The minimum absolute atomic E-state index is 0.271. The first kappa shape index (κ1) is 14.9. The molecule has 4 nitrogen and oxygen atoms in total. The summed E-state index contributed by atoms with van der Waals surface area (Å²) < 4.78 is 5.40. The lowest BCUT2D eigenvalue weighted by Gasteiger charge is -2.10. The zero-order valence-corrected chi connectivity index (χ0v) is 12.6. The number of hydrogen-bond acceptors (Lipinski definition) is 2. The van der Waals surface area contributed by atoms with Crippen molar-refractivity contribution in [2.45, 2.75) is 20.8 Å². The Morgan fingerprint density at radius 3 is 2.38 bits per heavy atom. The fourth-order valence-electron chi connectivity index (χ4n) is 1.94. The Morgan fingerprint density at radius 2 is 1.71 bits per heavy atom. The van der Waals surface area contributed by atoms with Crippen molar-refractivity contribution in [1.29, 1.82) is 0 Å². The molecule has 0 atom stereocenters. The number of aryl methyl sites for hydroxylation is 2. The Bertz CT molecular complexity index is 638. The summed E-state index contributed by atoms with van der Waals surface area (Å²) in [5.41, 5.74) is 3.82. The highest BCUT2D eigenvalue weighted by atomic mass is 16.5. The van der Waals surface area contributed by atoms with Gasteiger partial charge in [-0.05, 0) is 56.2 Å². The van der Waals surface area contributed by atoms with Crippen molar-refractivity contribution in [3.63, 3.8) is 0 Å². The van der Waals surface area contributed by atoms with Crippen LogP contribution in [0.15, 0.2) is 42.5 Å². The molecule has 0 bridgehead atoms. The Kier molecular flexibility index (Phi) is 4.82. The van der Waals surface area contributed by atoms with Crippen LogP contribution in [-0.2, 0) is 0 Å². The summed E-state index contributed by atoms with van der Waals surface area (Å²) >= 11 is 0. The number of rotatable bonds is 4. The predicted octanol–water partition coefficient (Wildman–Crippen LogP) is 4.35. The second-order valence-electron chi connectivity index (χ2n) is 4.84. The average molecular weight is 284 g/mol. The number of ether oxygens (including phenoxy) is 1. The largest absolute Gasteiger partial charge is 0.494 e. The van der Waals surface area contributed by atoms with E-state index in [0.29, 0.717) is 12.3 Å². The van der Waals surface area contributed by atoms with Gasteiger partial charge in [0.1, 0.15) is 5.75 Å². The third-order valence-corrected chi connectivity index (χ3v) is 3.17. The van der Waals surface area contributed by atoms with Gasteiger partial charge in [0.2, 0.25) is 0 Å². The quantitative estimate of drug-likeness (QED) is 0.877. The number of benzene rings is 2. The maximum Gasteiger partial charge on any atom is 0.323 e. The van der Waals surface area contributed by atoms with Gasteiger partial charge in [-0.1, -0.05) is 12.1 Å². The standard InChI is InChI=1S/C17H20N2O2/c1-4-21-16-7-5-6-14(11-16)18-17(20)19-15-9-8-12(2)13(3)10-15/h5-11H,4H2,1-3H3,(H2,18,19,20). The molecule has 110 valence electrons. The van der Waals surface area contributed by atoms with E-state index in [4.69, 9.17) is 4.74 Å². The first-order valence-electron chi connectivity index (χ1n) is 6.96. The zero-order chi connectivity index (χ0) is 15.2. The van der Waals surface area contributed by atoms with Gasteiger partial charge in [0, 0.05) is 17.4 Å². The van der Waals surface area contributed by atoms with Gasteiger partial charge in [-0.2, -0.15) is 0 Å². The number of hydrogen-bond donors (Lipinski definition) is 2. The molecule has 2 amide bonds. The summed E-state index contributed by atoms with van der Waals surface area (Å²) in [4.78, 5) is 12.0. The van der Waals surface area contributed by atoms with Gasteiger partial charge in [0.05, 0.1) is 6.61 Å². The molecule has 0 radical (unpaired) electrons. The normalized spacial score (nSPS) is 10.0. The van der Waals surface area contributed by atoms with E-state index >= 15 is 0 Å². The first-order valence-corrected chi connectivity index (χ1v) is 6.96. The molecule has 0 saturated heterocycles.